The fourth-order valence-electron chi connectivity index (χ4n) is 2.75. The number of carbonyl (C=O) groups is 1. The monoisotopic (exact) mass is 310 g/mol. The van der Waals surface area contributed by atoms with Gasteiger partial charge in [0.25, 0.3) is 5.91 Å². The Kier molecular flexibility index (Phi) is 5.00. The second-order valence-corrected chi connectivity index (χ2v) is 7.30. The van der Waals surface area contributed by atoms with Crippen LogP contribution >= 0.6 is 0 Å². The Hall–Kier alpha value is -1.40. The first-order chi connectivity index (χ1) is 9.88. The molecule has 116 valence electrons. The molecule has 1 fully saturated rings. The zero-order chi connectivity index (χ0) is 15.5. The van der Waals surface area contributed by atoms with Crippen LogP contribution in [0.25, 0.3) is 0 Å². The summed E-state index contributed by atoms with van der Waals surface area (Å²) in [7, 11) is -3.79. The highest BCUT2D eigenvalue weighted by atomic mass is 32.2. The average Bonchev–Trinajstić information content (AvgIpc) is 2.45. The summed E-state index contributed by atoms with van der Waals surface area (Å²) in [5.74, 6) is 0.299. The van der Waals surface area contributed by atoms with Gasteiger partial charge in [-0.2, -0.15) is 0 Å². The number of primary sulfonamides is 1. The van der Waals surface area contributed by atoms with E-state index in [1.807, 2.05) is 0 Å². The number of aryl methyl sites for hydroxylation is 1. The molecule has 0 unspecified atom stereocenters. The molecule has 0 saturated heterocycles. The lowest BCUT2D eigenvalue weighted by Gasteiger charge is -2.22. The van der Waals surface area contributed by atoms with Gasteiger partial charge in [0.05, 0.1) is 4.90 Å². The van der Waals surface area contributed by atoms with Gasteiger partial charge in [0.15, 0.2) is 0 Å². The van der Waals surface area contributed by atoms with Gasteiger partial charge in [-0.1, -0.05) is 25.3 Å². The van der Waals surface area contributed by atoms with E-state index in [-0.39, 0.29) is 10.8 Å². The third-order valence-electron chi connectivity index (χ3n) is 4.06. The Balaban J connectivity index is 2.07. The lowest BCUT2D eigenvalue weighted by Crippen LogP contribution is -2.31. The van der Waals surface area contributed by atoms with Gasteiger partial charge in [0, 0.05) is 12.1 Å². The molecule has 2 rings (SSSR count). The fraction of sp³-hybridized carbons (Fsp3) is 0.533. The van der Waals surface area contributed by atoms with Crippen molar-refractivity contribution in [1.82, 2.24) is 5.32 Å². The molecule has 1 amide bonds. The first kappa shape index (κ1) is 16.0. The Morgan fingerprint density at radius 3 is 2.57 bits per heavy atom. The predicted molar refractivity (Wildman–Crippen MR) is 81.5 cm³/mol. The van der Waals surface area contributed by atoms with Crippen molar-refractivity contribution in [2.75, 3.05) is 6.54 Å². The van der Waals surface area contributed by atoms with E-state index in [0.717, 1.165) is 18.4 Å². The van der Waals surface area contributed by atoms with Crippen molar-refractivity contribution in [2.45, 2.75) is 43.9 Å². The Morgan fingerprint density at radius 2 is 1.95 bits per heavy atom. The van der Waals surface area contributed by atoms with Crippen LogP contribution in [-0.2, 0) is 10.0 Å². The molecule has 3 N–H and O–H groups in total. The van der Waals surface area contributed by atoms with Gasteiger partial charge in [-0.15, -0.1) is 0 Å². The van der Waals surface area contributed by atoms with E-state index in [0.29, 0.717) is 18.0 Å². The maximum atomic E-state index is 12.2. The molecule has 1 aliphatic carbocycles. The molecule has 1 aliphatic rings. The summed E-state index contributed by atoms with van der Waals surface area (Å²) in [5, 5.41) is 8.02. The number of carbonyl (C=O) groups excluding carboxylic acids is 1. The maximum Gasteiger partial charge on any atom is 0.251 e. The maximum absolute atomic E-state index is 12.2. The van der Waals surface area contributed by atoms with E-state index in [1.54, 1.807) is 13.0 Å². The number of nitrogens with two attached hydrogens (primary N) is 1. The molecule has 6 heteroatoms. The Morgan fingerprint density at radius 1 is 1.29 bits per heavy atom. The molecule has 0 bridgehead atoms. The van der Waals surface area contributed by atoms with Crippen molar-refractivity contribution in [3.63, 3.8) is 0 Å². The zero-order valence-corrected chi connectivity index (χ0v) is 13.1. The number of rotatable bonds is 4. The van der Waals surface area contributed by atoms with Gasteiger partial charge >= 0.3 is 0 Å². The van der Waals surface area contributed by atoms with Crippen LogP contribution in [0.1, 0.15) is 48.0 Å². The smallest absolute Gasteiger partial charge is 0.251 e. The average molecular weight is 310 g/mol. The van der Waals surface area contributed by atoms with Crippen LogP contribution in [0.4, 0.5) is 0 Å². The van der Waals surface area contributed by atoms with Gasteiger partial charge in [-0.05, 0) is 43.4 Å². The molecular formula is C15H22N2O3S. The van der Waals surface area contributed by atoms with Crippen LogP contribution in [0.2, 0.25) is 0 Å². The lowest BCUT2D eigenvalue weighted by molar-refractivity contribution is 0.0942. The molecule has 5 nitrogen and oxygen atoms in total. The first-order valence-corrected chi connectivity index (χ1v) is 8.84. The largest absolute Gasteiger partial charge is 0.352 e. The minimum atomic E-state index is -3.79. The number of nitrogens with one attached hydrogen (secondary N) is 1. The lowest BCUT2D eigenvalue weighted by atomic mass is 9.89. The molecule has 0 spiro atoms. The zero-order valence-electron chi connectivity index (χ0n) is 12.3. The number of sulfonamides is 1. The van der Waals surface area contributed by atoms with Crippen LogP contribution in [0.15, 0.2) is 23.1 Å². The van der Waals surface area contributed by atoms with Gasteiger partial charge in [0.2, 0.25) is 10.0 Å². The number of amides is 1. The van der Waals surface area contributed by atoms with Crippen LogP contribution in [0.3, 0.4) is 0 Å². The highest BCUT2D eigenvalue weighted by Gasteiger charge is 2.17. The van der Waals surface area contributed by atoms with E-state index < -0.39 is 10.0 Å². The standard InChI is InChI=1S/C15H22N2O3S/c1-11-7-8-13(21(16,19)20)9-14(11)15(18)17-10-12-5-3-2-4-6-12/h7-9,12H,2-6,10H2,1H3,(H,17,18)(H2,16,19,20). The molecule has 0 aliphatic heterocycles. The van der Waals surface area contributed by atoms with Gasteiger partial charge in [-0.25, -0.2) is 13.6 Å². The summed E-state index contributed by atoms with van der Waals surface area (Å²) in [6, 6.07) is 4.37. The van der Waals surface area contributed by atoms with E-state index in [1.165, 1.54) is 31.4 Å². The van der Waals surface area contributed by atoms with Crippen molar-refractivity contribution in [1.29, 1.82) is 0 Å². The second-order valence-electron chi connectivity index (χ2n) is 5.74. The summed E-state index contributed by atoms with van der Waals surface area (Å²) >= 11 is 0. The Labute approximate surface area is 126 Å². The van der Waals surface area contributed by atoms with E-state index >= 15 is 0 Å². The SMILES string of the molecule is Cc1ccc(S(N)(=O)=O)cc1C(=O)NCC1CCCCC1. The molecule has 0 aromatic heterocycles. The van der Waals surface area contributed by atoms with Crippen LogP contribution in [0.5, 0.6) is 0 Å². The Bertz CT molecular complexity index is 620. The quantitative estimate of drug-likeness (QED) is 0.890. The molecule has 0 heterocycles. The van der Waals surface area contributed by atoms with E-state index in [9.17, 15) is 13.2 Å². The number of benzene rings is 1. The first-order valence-electron chi connectivity index (χ1n) is 7.29. The molecule has 0 radical (unpaired) electrons. The molecule has 21 heavy (non-hydrogen) atoms. The molecule has 1 saturated carbocycles. The second kappa shape index (κ2) is 6.58. The minimum Gasteiger partial charge on any atom is -0.352 e. The molecule has 1 aromatic rings. The van der Waals surface area contributed by atoms with E-state index in [2.05, 4.69) is 5.32 Å². The van der Waals surface area contributed by atoms with Crippen molar-refractivity contribution >= 4 is 15.9 Å². The fourth-order valence-corrected chi connectivity index (χ4v) is 3.29. The normalized spacial score (nSPS) is 16.7. The van der Waals surface area contributed by atoms with Crippen molar-refractivity contribution in [3.8, 4) is 0 Å². The summed E-state index contributed by atoms with van der Waals surface area (Å²) in [6.45, 7) is 2.43. The minimum absolute atomic E-state index is 0.0316. The van der Waals surface area contributed by atoms with Gasteiger partial charge < -0.3 is 5.32 Å². The molecular weight excluding hydrogens is 288 g/mol. The topological polar surface area (TPSA) is 89.3 Å². The van der Waals surface area contributed by atoms with Crippen molar-refractivity contribution < 1.29 is 13.2 Å². The van der Waals surface area contributed by atoms with E-state index in [4.69, 9.17) is 5.14 Å². The highest BCUT2D eigenvalue weighted by molar-refractivity contribution is 7.89. The predicted octanol–water partition coefficient (Wildman–Crippen LogP) is 1.95. The molecule has 1 aromatic carbocycles. The van der Waals surface area contributed by atoms with Crippen LogP contribution in [0, 0.1) is 12.8 Å². The molecule has 0 atom stereocenters. The number of hydrogen-bond donors (Lipinski definition) is 2. The summed E-state index contributed by atoms with van der Waals surface area (Å²) in [6.07, 6.45) is 6.02. The van der Waals surface area contributed by atoms with Gasteiger partial charge in [0.1, 0.15) is 0 Å². The summed E-state index contributed by atoms with van der Waals surface area (Å²) in [5.41, 5.74) is 1.11. The summed E-state index contributed by atoms with van der Waals surface area (Å²) < 4.78 is 22.7. The number of hydrogen-bond acceptors (Lipinski definition) is 3. The highest BCUT2D eigenvalue weighted by Crippen LogP contribution is 2.23. The van der Waals surface area contributed by atoms with Gasteiger partial charge in [-0.3, -0.25) is 4.79 Å². The van der Waals surface area contributed by atoms with Crippen molar-refractivity contribution in [2.24, 2.45) is 11.1 Å². The van der Waals surface area contributed by atoms with Crippen LogP contribution in [-0.4, -0.2) is 20.9 Å². The summed E-state index contributed by atoms with van der Waals surface area (Å²) in [4.78, 5) is 12.2. The van der Waals surface area contributed by atoms with Crippen molar-refractivity contribution in [3.05, 3.63) is 29.3 Å². The third kappa shape index (κ3) is 4.28. The van der Waals surface area contributed by atoms with Crippen LogP contribution < -0.4 is 10.5 Å². The third-order valence-corrected chi connectivity index (χ3v) is 4.97.